The fourth-order valence-corrected chi connectivity index (χ4v) is 6.16. The first-order chi connectivity index (χ1) is 9.71. The Morgan fingerprint density at radius 3 is 2.67 bits per heavy atom. The number of aliphatic carboxylic acids is 1. The second-order valence-electron chi connectivity index (χ2n) is 5.92. The minimum atomic E-state index is -3.53. The molecule has 21 heavy (non-hydrogen) atoms. The summed E-state index contributed by atoms with van der Waals surface area (Å²) in [7, 11) is -3.53. The first-order valence-corrected chi connectivity index (χ1v) is 9.29. The Balaban J connectivity index is 2.28. The third-order valence-electron chi connectivity index (χ3n) is 4.07. The van der Waals surface area contributed by atoms with E-state index in [2.05, 4.69) is 13.8 Å². The molecular formula is C14H21NO4S2. The van der Waals surface area contributed by atoms with Crippen LogP contribution in [0.25, 0.3) is 0 Å². The first-order valence-electron chi connectivity index (χ1n) is 7.04. The Morgan fingerprint density at radius 1 is 1.38 bits per heavy atom. The number of hydrogen-bond donors (Lipinski definition) is 1. The Bertz CT molecular complexity index is 623. The predicted octanol–water partition coefficient (Wildman–Crippen LogP) is 2.43. The minimum absolute atomic E-state index is 0.0313. The lowest BCUT2D eigenvalue weighted by Crippen LogP contribution is -2.48. The van der Waals surface area contributed by atoms with Crippen molar-refractivity contribution in [2.75, 3.05) is 6.54 Å². The fraction of sp³-hybridized carbons (Fsp3) is 0.643. The normalized spacial score (nSPS) is 27.7. The maximum Gasteiger partial charge on any atom is 0.308 e. The monoisotopic (exact) mass is 331 g/mol. The highest BCUT2D eigenvalue weighted by atomic mass is 32.2. The van der Waals surface area contributed by atoms with Crippen LogP contribution >= 0.6 is 11.3 Å². The molecule has 1 aromatic heterocycles. The topological polar surface area (TPSA) is 74.7 Å². The molecule has 1 N–H and O–H groups in total. The number of carboxylic acids is 1. The molecule has 1 fully saturated rings. The maximum atomic E-state index is 12.8. The van der Waals surface area contributed by atoms with E-state index in [0.717, 1.165) is 17.8 Å². The van der Waals surface area contributed by atoms with Crippen molar-refractivity contribution in [1.82, 2.24) is 4.31 Å². The number of carboxylic acid groups (broad SMARTS) is 1. The molecule has 3 unspecified atom stereocenters. The zero-order chi connectivity index (χ0) is 15.8. The lowest BCUT2D eigenvalue weighted by molar-refractivity contribution is -0.136. The Hall–Kier alpha value is -0.920. The van der Waals surface area contributed by atoms with Crippen molar-refractivity contribution >= 4 is 27.3 Å². The summed E-state index contributed by atoms with van der Waals surface area (Å²) in [6, 6.07) is 3.08. The van der Waals surface area contributed by atoms with Gasteiger partial charge in [-0.25, -0.2) is 8.42 Å². The van der Waals surface area contributed by atoms with Crippen molar-refractivity contribution in [3.63, 3.8) is 0 Å². The van der Waals surface area contributed by atoms with Crippen molar-refractivity contribution in [3.8, 4) is 0 Å². The standard InChI is InChI=1S/C14H21NO4S2/c1-9-6-10(2)11(3)15(8-9)21(18,19)14-5-4-12(20-14)7-13(16)17/h4-5,9-11H,6-8H2,1-3H3,(H,16,17). The number of carbonyl (C=O) groups is 1. The van der Waals surface area contributed by atoms with Crippen LogP contribution in [0, 0.1) is 11.8 Å². The molecule has 2 heterocycles. The van der Waals surface area contributed by atoms with Gasteiger partial charge in [0.25, 0.3) is 10.0 Å². The Morgan fingerprint density at radius 2 is 2.05 bits per heavy atom. The van der Waals surface area contributed by atoms with Crippen molar-refractivity contribution < 1.29 is 18.3 Å². The van der Waals surface area contributed by atoms with E-state index < -0.39 is 16.0 Å². The highest BCUT2D eigenvalue weighted by Crippen LogP contribution is 2.33. The van der Waals surface area contributed by atoms with Gasteiger partial charge in [-0.2, -0.15) is 4.31 Å². The van der Waals surface area contributed by atoms with Crippen molar-refractivity contribution in [1.29, 1.82) is 0 Å². The molecule has 1 aliphatic heterocycles. The molecule has 1 saturated heterocycles. The molecule has 0 aliphatic carbocycles. The van der Waals surface area contributed by atoms with Gasteiger partial charge in [-0.15, -0.1) is 11.3 Å². The summed E-state index contributed by atoms with van der Waals surface area (Å²) >= 11 is 1.06. The summed E-state index contributed by atoms with van der Waals surface area (Å²) < 4.78 is 27.4. The summed E-state index contributed by atoms with van der Waals surface area (Å²) in [5, 5.41) is 8.79. The van der Waals surface area contributed by atoms with Crippen LogP contribution in [0.3, 0.4) is 0 Å². The molecule has 0 spiro atoms. The smallest absolute Gasteiger partial charge is 0.308 e. The minimum Gasteiger partial charge on any atom is -0.481 e. The van der Waals surface area contributed by atoms with Crippen LogP contribution in [0.1, 0.15) is 32.1 Å². The molecule has 1 aliphatic rings. The summed E-state index contributed by atoms with van der Waals surface area (Å²) in [5.41, 5.74) is 0. The zero-order valence-electron chi connectivity index (χ0n) is 12.4. The van der Waals surface area contributed by atoms with Gasteiger partial charge in [0, 0.05) is 17.5 Å². The lowest BCUT2D eigenvalue weighted by Gasteiger charge is -2.39. The molecule has 1 aromatic rings. The van der Waals surface area contributed by atoms with Crippen LogP contribution in [-0.4, -0.2) is 36.4 Å². The molecular weight excluding hydrogens is 310 g/mol. The van der Waals surface area contributed by atoms with Gasteiger partial charge in [-0.05, 0) is 37.3 Å². The average molecular weight is 331 g/mol. The third kappa shape index (κ3) is 3.46. The quantitative estimate of drug-likeness (QED) is 0.919. The summed E-state index contributed by atoms with van der Waals surface area (Å²) in [4.78, 5) is 11.3. The van der Waals surface area contributed by atoms with Crippen LogP contribution in [0.2, 0.25) is 0 Å². The van der Waals surface area contributed by atoms with Crippen molar-refractivity contribution in [3.05, 3.63) is 17.0 Å². The molecule has 3 atom stereocenters. The van der Waals surface area contributed by atoms with Gasteiger partial charge in [0.15, 0.2) is 0 Å². The van der Waals surface area contributed by atoms with Crippen molar-refractivity contribution in [2.45, 2.75) is 43.9 Å². The number of rotatable bonds is 4. The fourth-order valence-electron chi connectivity index (χ4n) is 2.84. The molecule has 0 bridgehead atoms. The maximum absolute atomic E-state index is 12.8. The van der Waals surface area contributed by atoms with Crippen LogP contribution in [0.5, 0.6) is 0 Å². The largest absolute Gasteiger partial charge is 0.481 e. The van der Waals surface area contributed by atoms with E-state index in [-0.39, 0.29) is 16.7 Å². The molecule has 0 aromatic carbocycles. The lowest BCUT2D eigenvalue weighted by atomic mass is 9.88. The number of hydrogen-bond acceptors (Lipinski definition) is 4. The van der Waals surface area contributed by atoms with Crippen LogP contribution in [-0.2, 0) is 21.2 Å². The van der Waals surface area contributed by atoms with E-state index >= 15 is 0 Å². The highest BCUT2D eigenvalue weighted by Gasteiger charge is 2.37. The molecule has 0 saturated carbocycles. The van der Waals surface area contributed by atoms with E-state index in [4.69, 9.17) is 5.11 Å². The summed E-state index contributed by atoms with van der Waals surface area (Å²) in [6.07, 6.45) is 0.893. The number of thiophene rings is 1. The number of nitrogens with zero attached hydrogens (tertiary/aromatic N) is 1. The third-order valence-corrected chi connectivity index (χ3v) is 7.57. The van der Waals surface area contributed by atoms with Gasteiger partial charge in [-0.3, -0.25) is 4.79 Å². The Labute approximate surface area is 129 Å². The van der Waals surface area contributed by atoms with Crippen LogP contribution in [0.15, 0.2) is 16.3 Å². The van der Waals surface area contributed by atoms with E-state index in [1.165, 1.54) is 6.07 Å². The predicted molar refractivity (Wildman–Crippen MR) is 82.0 cm³/mol. The summed E-state index contributed by atoms with van der Waals surface area (Å²) in [6.45, 7) is 6.61. The van der Waals surface area contributed by atoms with Gasteiger partial charge < -0.3 is 5.11 Å². The molecule has 2 rings (SSSR count). The van der Waals surface area contributed by atoms with E-state index in [9.17, 15) is 13.2 Å². The van der Waals surface area contributed by atoms with E-state index in [1.54, 1.807) is 10.4 Å². The SMILES string of the molecule is CC1CC(C)C(C)N(S(=O)(=O)c2ccc(CC(=O)O)s2)C1. The molecule has 0 amide bonds. The van der Waals surface area contributed by atoms with Crippen LogP contribution < -0.4 is 0 Å². The zero-order valence-corrected chi connectivity index (χ0v) is 14.1. The number of sulfonamides is 1. The number of piperidine rings is 1. The van der Waals surface area contributed by atoms with Gasteiger partial charge in [0.05, 0.1) is 6.42 Å². The molecule has 118 valence electrons. The van der Waals surface area contributed by atoms with Crippen molar-refractivity contribution in [2.24, 2.45) is 11.8 Å². The Kier molecular flexibility index (Phi) is 4.75. The molecule has 7 heteroatoms. The van der Waals surface area contributed by atoms with E-state index in [0.29, 0.717) is 23.3 Å². The van der Waals surface area contributed by atoms with Gasteiger partial charge in [0.2, 0.25) is 0 Å². The average Bonchev–Trinajstić information content (AvgIpc) is 2.81. The van der Waals surface area contributed by atoms with Crippen LogP contribution in [0.4, 0.5) is 0 Å². The molecule has 0 radical (unpaired) electrons. The second-order valence-corrected chi connectivity index (χ2v) is 9.21. The highest BCUT2D eigenvalue weighted by molar-refractivity contribution is 7.91. The molecule has 5 nitrogen and oxygen atoms in total. The van der Waals surface area contributed by atoms with Gasteiger partial charge >= 0.3 is 5.97 Å². The first kappa shape index (κ1) is 16.5. The van der Waals surface area contributed by atoms with E-state index in [1.807, 2.05) is 6.92 Å². The second kappa shape index (κ2) is 6.06. The van der Waals surface area contributed by atoms with Gasteiger partial charge in [-0.1, -0.05) is 13.8 Å². The van der Waals surface area contributed by atoms with Gasteiger partial charge in [0.1, 0.15) is 4.21 Å². The summed E-state index contributed by atoms with van der Waals surface area (Å²) in [5.74, 6) is -0.291.